The average Bonchev–Trinajstić information content (AvgIpc) is 2.18. The summed E-state index contributed by atoms with van der Waals surface area (Å²) < 4.78 is -0.915. The SMILES string of the molecule is ClC1=C(c2ccccc2Cl)C=CC(Cl)(Cl)C1. The molecule has 16 heavy (non-hydrogen) atoms. The molecule has 4 heteroatoms. The van der Waals surface area contributed by atoms with Crippen molar-refractivity contribution in [2.24, 2.45) is 0 Å². The van der Waals surface area contributed by atoms with Gasteiger partial charge < -0.3 is 0 Å². The summed E-state index contributed by atoms with van der Waals surface area (Å²) in [5.74, 6) is 0. The fraction of sp³-hybridized carbons (Fsp3) is 0.167. The lowest BCUT2D eigenvalue weighted by Gasteiger charge is -2.21. The molecule has 1 aromatic carbocycles. The Balaban J connectivity index is 2.45. The van der Waals surface area contributed by atoms with Crippen LogP contribution in [0.2, 0.25) is 5.02 Å². The van der Waals surface area contributed by atoms with E-state index in [0.717, 1.165) is 11.1 Å². The summed E-state index contributed by atoms with van der Waals surface area (Å²) >= 11 is 24.2. The number of benzene rings is 1. The Morgan fingerprint density at radius 2 is 1.75 bits per heavy atom. The molecule has 84 valence electrons. The molecule has 0 fully saturated rings. The molecule has 1 aliphatic carbocycles. The zero-order valence-corrected chi connectivity index (χ0v) is 11.2. The van der Waals surface area contributed by atoms with Crippen molar-refractivity contribution >= 4 is 52.0 Å². The molecule has 1 aromatic rings. The predicted molar refractivity (Wildman–Crippen MR) is 72.4 cm³/mol. The van der Waals surface area contributed by atoms with Gasteiger partial charge in [-0.3, -0.25) is 0 Å². The Morgan fingerprint density at radius 1 is 1.06 bits per heavy atom. The highest BCUT2D eigenvalue weighted by Crippen LogP contribution is 2.41. The van der Waals surface area contributed by atoms with Crippen LogP contribution in [-0.2, 0) is 0 Å². The number of hydrogen-bond acceptors (Lipinski definition) is 0. The van der Waals surface area contributed by atoms with E-state index in [0.29, 0.717) is 16.5 Å². The molecule has 0 N–H and O–H groups in total. The van der Waals surface area contributed by atoms with Gasteiger partial charge in [0.15, 0.2) is 0 Å². The molecule has 0 bridgehead atoms. The van der Waals surface area contributed by atoms with Gasteiger partial charge in [0.05, 0.1) is 0 Å². The minimum absolute atomic E-state index is 0.398. The standard InChI is InChI=1S/C12H8Cl4/c13-10-4-2-1-3-8(10)9-5-6-12(15,16)7-11(9)14/h1-6H,7H2. The summed E-state index contributed by atoms with van der Waals surface area (Å²) in [6, 6.07) is 7.53. The van der Waals surface area contributed by atoms with Crippen molar-refractivity contribution < 1.29 is 0 Å². The second kappa shape index (κ2) is 4.62. The number of allylic oxidation sites excluding steroid dienone is 4. The van der Waals surface area contributed by atoms with E-state index >= 15 is 0 Å². The molecular formula is C12H8Cl4. The molecule has 0 saturated heterocycles. The van der Waals surface area contributed by atoms with Crippen molar-refractivity contribution in [3.05, 3.63) is 52.0 Å². The molecule has 2 rings (SSSR count). The lowest BCUT2D eigenvalue weighted by Crippen LogP contribution is -2.12. The Morgan fingerprint density at radius 3 is 2.38 bits per heavy atom. The van der Waals surface area contributed by atoms with E-state index in [1.165, 1.54) is 0 Å². The fourth-order valence-electron chi connectivity index (χ4n) is 1.57. The maximum atomic E-state index is 6.17. The van der Waals surface area contributed by atoms with Gasteiger partial charge in [-0.05, 0) is 17.7 Å². The van der Waals surface area contributed by atoms with Crippen LogP contribution >= 0.6 is 46.4 Å². The predicted octanol–water partition coefficient (Wildman–Crippen LogP) is 5.42. The van der Waals surface area contributed by atoms with Crippen molar-refractivity contribution in [3.63, 3.8) is 0 Å². The third kappa shape index (κ3) is 2.57. The molecular weight excluding hydrogens is 286 g/mol. The largest absolute Gasteiger partial charge is 0.141 e. The van der Waals surface area contributed by atoms with Gasteiger partial charge >= 0.3 is 0 Å². The van der Waals surface area contributed by atoms with Crippen LogP contribution in [0.25, 0.3) is 5.57 Å². The summed E-state index contributed by atoms with van der Waals surface area (Å²) in [5, 5.41) is 1.29. The Bertz CT molecular complexity index is 472. The molecule has 0 radical (unpaired) electrons. The first kappa shape index (κ1) is 12.3. The van der Waals surface area contributed by atoms with Crippen LogP contribution in [0, 0.1) is 0 Å². The van der Waals surface area contributed by atoms with E-state index in [2.05, 4.69) is 0 Å². The maximum Gasteiger partial charge on any atom is 0.141 e. The number of halogens is 4. The topological polar surface area (TPSA) is 0 Å². The Kier molecular flexibility index (Phi) is 3.56. The van der Waals surface area contributed by atoms with E-state index in [1.54, 1.807) is 6.08 Å². The molecule has 0 atom stereocenters. The summed E-state index contributed by atoms with van der Waals surface area (Å²) in [4.78, 5) is 0. The first-order valence-corrected chi connectivity index (χ1v) is 6.21. The van der Waals surface area contributed by atoms with Crippen molar-refractivity contribution in [2.75, 3.05) is 0 Å². The average molecular weight is 294 g/mol. The smallest absolute Gasteiger partial charge is 0.0966 e. The van der Waals surface area contributed by atoms with Gasteiger partial charge in [-0.15, -0.1) is 0 Å². The van der Waals surface area contributed by atoms with Crippen LogP contribution in [-0.4, -0.2) is 4.33 Å². The minimum Gasteiger partial charge on any atom is -0.0966 e. The van der Waals surface area contributed by atoms with Gasteiger partial charge in [-0.1, -0.05) is 70.7 Å². The summed E-state index contributed by atoms with van der Waals surface area (Å²) in [7, 11) is 0. The molecule has 0 nitrogen and oxygen atoms in total. The molecule has 0 aromatic heterocycles. The van der Waals surface area contributed by atoms with Crippen molar-refractivity contribution in [1.82, 2.24) is 0 Å². The van der Waals surface area contributed by atoms with Crippen LogP contribution < -0.4 is 0 Å². The van der Waals surface area contributed by atoms with Crippen LogP contribution in [0.15, 0.2) is 41.4 Å². The third-order valence-corrected chi connectivity index (χ3v) is 3.53. The zero-order chi connectivity index (χ0) is 11.8. The first-order chi connectivity index (χ1) is 7.49. The van der Waals surface area contributed by atoms with Crippen molar-refractivity contribution in [1.29, 1.82) is 0 Å². The normalized spacial score (nSPS) is 19.0. The monoisotopic (exact) mass is 292 g/mol. The van der Waals surface area contributed by atoms with Crippen molar-refractivity contribution in [2.45, 2.75) is 10.8 Å². The highest BCUT2D eigenvalue weighted by Gasteiger charge is 2.27. The number of alkyl halides is 2. The van der Waals surface area contributed by atoms with Gasteiger partial charge in [-0.2, -0.15) is 0 Å². The van der Waals surface area contributed by atoms with E-state index in [9.17, 15) is 0 Å². The number of rotatable bonds is 1. The molecule has 0 aliphatic heterocycles. The van der Waals surface area contributed by atoms with Crippen LogP contribution in [0.1, 0.15) is 12.0 Å². The van der Waals surface area contributed by atoms with Gasteiger partial charge in [0.25, 0.3) is 0 Å². The second-order valence-electron chi connectivity index (χ2n) is 3.57. The fourth-order valence-corrected chi connectivity index (χ4v) is 2.72. The highest BCUT2D eigenvalue weighted by atomic mass is 35.5. The van der Waals surface area contributed by atoms with E-state index in [1.807, 2.05) is 30.3 Å². The summed E-state index contributed by atoms with van der Waals surface area (Å²) in [6.07, 6.45) is 3.93. The molecule has 0 heterocycles. The van der Waals surface area contributed by atoms with E-state index in [-0.39, 0.29) is 0 Å². The van der Waals surface area contributed by atoms with Crippen molar-refractivity contribution in [3.8, 4) is 0 Å². The summed E-state index contributed by atoms with van der Waals surface area (Å²) in [6.45, 7) is 0. The molecule has 1 aliphatic rings. The zero-order valence-electron chi connectivity index (χ0n) is 8.18. The third-order valence-electron chi connectivity index (χ3n) is 2.34. The van der Waals surface area contributed by atoms with Gasteiger partial charge in [0.2, 0.25) is 0 Å². The molecule has 0 unspecified atom stereocenters. The van der Waals surface area contributed by atoms with Gasteiger partial charge in [-0.25, -0.2) is 0 Å². The quantitative estimate of drug-likeness (QED) is 0.606. The molecule has 0 spiro atoms. The molecule has 0 saturated carbocycles. The maximum absolute atomic E-state index is 6.17. The second-order valence-corrected chi connectivity index (χ2v) is 5.98. The van der Waals surface area contributed by atoms with Crippen LogP contribution in [0.4, 0.5) is 0 Å². The minimum atomic E-state index is -0.915. The lowest BCUT2D eigenvalue weighted by molar-refractivity contribution is 0.950. The summed E-state index contributed by atoms with van der Waals surface area (Å²) in [5.41, 5.74) is 1.78. The van der Waals surface area contributed by atoms with Crippen LogP contribution in [0.5, 0.6) is 0 Å². The Labute approximate surface area is 114 Å². The molecule has 0 amide bonds. The lowest BCUT2D eigenvalue weighted by atomic mass is 9.99. The van der Waals surface area contributed by atoms with Gasteiger partial charge in [0, 0.05) is 22.0 Å². The van der Waals surface area contributed by atoms with Crippen LogP contribution in [0.3, 0.4) is 0 Å². The Hall–Kier alpha value is -0.140. The van der Waals surface area contributed by atoms with Gasteiger partial charge in [0.1, 0.15) is 4.33 Å². The first-order valence-electron chi connectivity index (χ1n) is 4.70. The highest BCUT2D eigenvalue weighted by molar-refractivity contribution is 6.51. The van der Waals surface area contributed by atoms with E-state index in [4.69, 9.17) is 46.4 Å². The number of hydrogen-bond donors (Lipinski definition) is 0. The van der Waals surface area contributed by atoms with E-state index < -0.39 is 4.33 Å².